The molecule has 0 unspecified atom stereocenters. The van der Waals surface area contributed by atoms with Crippen LogP contribution < -0.4 is 4.74 Å². The number of carbonyl (C=O) groups excluding carboxylic acids is 1. The Balaban J connectivity index is 1.75. The van der Waals surface area contributed by atoms with E-state index in [1.807, 2.05) is 7.05 Å². The standard InChI is InChI=1S/C21H31ClN2O2/c1-4-15-23(2)16-5-6-17-7-11-19(12-8-17)24(3)21(25)26-20-13-9-18(22)10-14-20/h5-6,9-10,13-14,17,19H,4,7-8,11-12,15-16H2,1-3H3/b6-5+. The first-order valence-electron chi connectivity index (χ1n) is 9.55. The average Bonchev–Trinajstić information content (AvgIpc) is 2.64. The van der Waals surface area contributed by atoms with E-state index in [4.69, 9.17) is 16.3 Å². The molecule has 0 bridgehead atoms. The van der Waals surface area contributed by atoms with E-state index < -0.39 is 0 Å². The SMILES string of the molecule is CCCN(C)C/C=C/C1CCC(N(C)C(=O)Oc2ccc(Cl)cc2)CC1. The van der Waals surface area contributed by atoms with E-state index in [1.165, 1.54) is 6.42 Å². The van der Waals surface area contributed by atoms with Gasteiger partial charge in [-0.15, -0.1) is 0 Å². The van der Waals surface area contributed by atoms with Crippen molar-refractivity contribution in [1.82, 2.24) is 9.80 Å². The molecule has 0 radical (unpaired) electrons. The number of hydrogen-bond acceptors (Lipinski definition) is 3. The molecule has 0 atom stereocenters. The highest BCUT2D eigenvalue weighted by Gasteiger charge is 2.26. The van der Waals surface area contributed by atoms with Crippen molar-refractivity contribution in [1.29, 1.82) is 0 Å². The van der Waals surface area contributed by atoms with Gasteiger partial charge in [0, 0.05) is 24.7 Å². The Bertz CT molecular complexity index is 580. The van der Waals surface area contributed by atoms with E-state index in [9.17, 15) is 4.79 Å². The van der Waals surface area contributed by atoms with Crippen LogP contribution in [-0.2, 0) is 0 Å². The van der Waals surface area contributed by atoms with Gasteiger partial charge in [-0.25, -0.2) is 4.79 Å². The fourth-order valence-electron chi connectivity index (χ4n) is 3.41. The Kier molecular flexibility index (Phi) is 8.46. The van der Waals surface area contributed by atoms with Crippen LogP contribution in [0, 0.1) is 5.92 Å². The zero-order valence-corrected chi connectivity index (χ0v) is 16.9. The molecular formula is C21H31ClN2O2. The number of allylic oxidation sites excluding steroid dienone is 1. The third kappa shape index (κ3) is 6.65. The maximum Gasteiger partial charge on any atom is 0.415 e. The summed E-state index contributed by atoms with van der Waals surface area (Å²) in [6.07, 6.45) is 9.82. The van der Waals surface area contributed by atoms with Crippen molar-refractivity contribution in [2.24, 2.45) is 5.92 Å². The van der Waals surface area contributed by atoms with E-state index in [1.54, 1.807) is 29.2 Å². The van der Waals surface area contributed by atoms with Crippen LogP contribution in [0.2, 0.25) is 5.02 Å². The predicted octanol–water partition coefficient (Wildman–Crippen LogP) is 5.23. The second-order valence-corrected chi connectivity index (χ2v) is 7.63. The molecule has 1 aromatic carbocycles. The lowest BCUT2D eigenvalue weighted by Gasteiger charge is -2.33. The highest BCUT2D eigenvalue weighted by atomic mass is 35.5. The number of halogens is 1. The van der Waals surface area contributed by atoms with Gasteiger partial charge in [-0.05, 0) is 75.9 Å². The molecule has 0 aliphatic heterocycles. The van der Waals surface area contributed by atoms with Gasteiger partial charge in [0.25, 0.3) is 0 Å². The minimum Gasteiger partial charge on any atom is -0.410 e. The van der Waals surface area contributed by atoms with E-state index in [2.05, 4.69) is 31.0 Å². The molecule has 1 saturated carbocycles. The van der Waals surface area contributed by atoms with E-state index in [-0.39, 0.29) is 12.1 Å². The van der Waals surface area contributed by atoms with Crippen molar-refractivity contribution in [3.63, 3.8) is 0 Å². The minimum absolute atomic E-state index is 0.252. The number of amides is 1. The fraction of sp³-hybridized carbons (Fsp3) is 0.571. The van der Waals surface area contributed by atoms with E-state index >= 15 is 0 Å². The Morgan fingerprint density at radius 1 is 1.19 bits per heavy atom. The van der Waals surface area contributed by atoms with E-state index in [0.29, 0.717) is 16.7 Å². The molecule has 5 heteroatoms. The van der Waals surface area contributed by atoms with Crippen LogP contribution in [0.25, 0.3) is 0 Å². The summed E-state index contributed by atoms with van der Waals surface area (Å²) >= 11 is 5.86. The van der Waals surface area contributed by atoms with Crippen LogP contribution in [0.1, 0.15) is 39.0 Å². The normalized spacial score (nSPS) is 20.5. The Morgan fingerprint density at radius 2 is 1.85 bits per heavy atom. The van der Waals surface area contributed by atoms with Gasteiger partial charge < -0.3 is 14.5 Å². The molecule has 0 aromatic heterocycles. The lowest BCUT2D eigenvalue weighted by Crippen LogP contribution is -2.40. The smallest absolute Gasteiger partial charge is 0.410 e. The number of likely N-dealkylation sites (N-methyl/N-ethyl adjacent to an activating group) is 1. The zero-order valence-electron chi connectivity index (χ0n) is 16.2. The van der Waals surface area contributed by atoms with Crippen LogP contribution in [0.3, 0.4) is 0 Å². The van der Waals surface area contributed by atoms with Crippen LogP contribution in [0.15, 0.2) is 36.4 Å². The molecule has 0 N–H and O–H groups in total. The number of rotatable bonds is 7. The summed E-state index contributed by atoms with van der Waals surface area (Å²) < 4.78 is 5.43. The molecule has 0 spiro atoms. The largest absolute Gasteiger partial charge is 0.415 e. The maximum atomic E-state index is 12.3. The Morgan fingerprint density at radius 3 is 2.46 bits per heavy atom. The third-order valence-electron chi connectivity index (χ3n) is 5.03. The van der Waals surface area contributed by atoms with Crippen LogP contribution in [0.5, 0.6) is 5.75 Å². The van der Waals surface area contributed by atoms with Gasteiger partial charge in [-0.2, -0.15) is 0 Å². The summed E-state index contributed by atoms with van der Waals surface area (Å²) in [5, 5.41) is 0.630. The number of nitrogens with zero attached hydrogens (tertiary/aromatic N) is 2. The number of carbonyl (C=O) groups is 1. The molecule has 26 heavy (non-hydrogen) atoms. The van der Waals surface area contributed by atoms with Gasteiger partial charge in [-0.1, -0.05) is 30.7 Å². The number of benzene rings is 1. The lowest BCUT2D eigenvalue weighted by atomic mass is 9.85. The van der Waals surface area contributed by atoms with Crippen LogP contribution >= 0.6 is 11.6 Å². The Hall–Kier alpha value is -1.52. The van der Waals surface area contributed by atoms with Crippen LogP contribution in [0.4, 0.5) is 4.79 Å². The first-order valence-corrected chi connectivity index (χ1v) is 9.92. The number of hydrogen-bond donors (Lipinski definition) is 0. The summed E-state index contributed by atoms with van der Waals surface area (Å²) in [7, 11) is 3.99. The van der Waals surface area contributed by atoms with Crippen molar-refractivity contribution in [3.05, 3.63) is 41.4 Å². The third-order valence-corrected chi connectivity index (χ3v) is 5.28. The summed E-state index contributed by atoms with van der Waals surface area (Å²) in [6, 6.07) is 7.12. The predicted molar refractivity (Wildman–Crippen MR) is 108 cm³/mol. The lowest BCUT2D eigenvalue weighted by molar-refractivity contribution is 0.128. The van der Waals surface area contributed by atoms with Crippen molar-refractivity contribution in [2.75, 3.05) is 27.2 Å². The van der Waals surface area contributed by atoms with Gasteiger partial charge in [0.05, 0.1) is 0 Å². The maximum absolute atomic E-state index is 12.3. The monoisotopic (exact) mass is 378 g/mol. The molecule has 1 aromatic rings. The van der Waals surface area contributed by atoms with Gasteiger partial charge in [0.15, 0.2) is 0 Å². The molecule has 1 aliphatic rings. The first kappa shape index (κ1) is 20.8. The van der Waals surface area contributed by atoms with Crippen LogP contribution in [-0.4, -0.2) is 49.1 Å². The van der Waals surface area contributed by atoms with Gasteiger partial charge in [0.1, 0.15) is 5.75 Å². The average molecular weight is 379 g/mol. The van der Waals surface area contributed by atoms with Gasteiger partial charge in [0.2, 0.25) is 0 Å². The van der Waals surface area contributed by atoms with Crippen molar-refractivity contribution >= 4 is 17.7 Å². The molecule has 1 aliphatic carbocycles. The fourth-order valence-corrected chi connectivity index (χ4v) is 3.54. The van der Waals surface area contributed by atoms with E-state index in [0.717, 1.165) is 38.8 Å². The summed E-state index contributed by atoms with van der Waals surface area (Å²) in [5.41, 5.74) is 0. The quantitative estimate of drug-likeness (QED) is 0.609. The van der Waals surface area contributed by atoms with Crippen molar-refractivity contribution in [2.45, 2.75) is 45.1 Å². The molecule has 0 saturated heterocycles. The molecular weight excluding hydrogens is 348 g/mol. The first-order chi connectivity index (χ1) is 12.5. The molecule has 144 valence electrons. The zero-order chi connectivity index (χ0) is 18.9. The highest BCUT2D eigenvalue weighted by molar-refractivity contribution is 6.30. The summed E-state index contributed by atoms with van der Waals surface area (Å²) in [4.78, 5) is 16.4. The molecule has 4 nitrogen and oxygen atoms in total. The van der Waals surface area contributed by atoms with Gasteiger partial charge >= 0.3 is 6.09 Å². The number of ether oxygens (including phenoxy) is 1. The summed E-state index contributed by atoms with van der Waals surface area (Å²) in [5.74, 6) is 1.15. The topological polar surface area (TPSA) is 32.8 Å². The molecule has 1 fully saturated rings. The second kappa shape index (κ2) is 10.6. The summed E-state index contributed by atoms with van der Waals surface area (Å²) in [6.45, 7) is 4.36. The molecule has 1 amide bonds. The van der Waals surface area contributed by atoms with Gasteiger partial charge in [-0.3, -0.25) is 0 Å². The molecule has 2 rings (SSSR count). The van der Waals surface area contributed by atoms with Crippen molar-refractivity contribution < 1.29 is 9.53 Å². The molecule has 0 heterocycles. The second-order valence-electron chi connectivity index (χ2n) is 7.19. The Labute approximate surface area is 162 Å². The minimum atomic E-state index is -0.299. The highest BCUT2D eigenvalue weighted by Crippen LogP contribution is 2.28. The van der Waals surface area contributed by atoms with Crippen molar-refractivity contribution in [3.8, 4) is 5.75 Å².